The molecule has 1 amide bonds. The number of benzene rings is 1. The highest BCUT2D eigenvalue weighted by molar-refractivity contribution is 5.90. The summed E-state index contributed by atoms with van der Waals surface area (Å²) in [7, 11) is 1.68. The predicted molar refractivity (Wildman–Crippen MR) is 111 cm³/mol. The largest absolute Gasteiger partial charge is 0.497 e. The minimum Gasteiger partial charge on any atom is -0.497 e. The van der Waals surface area contributed by atoms with Crippen LogP contribution in [-0.4, -0.2) is 43.6 Å². The van der Waals surface area contributed by atoms with Crippen molar-refractivity contribution in [1.82, 2.24) is 4.90 Å². The van der Waals surface area contributed by atoms with Gasteiger partial charge in [0.2, 0.25) is 0 Å². The number of carbonyl (C=O) groups is 1. The normalized spacial score (nSPS) is 18.3. The number of methoxy groups -OCH3 is 1. The fourth-order valence-electron chi connectivity index (χ4n) is 3.78. The van der Waals surface area contributed by atoms with Crippen LogP contribution in [-0.2, 0) is 12.0 Å². The monoisotopic (exact) mass is 385 g/mol. The van der Waals surface area contributed by atoms with E-state index < -0.39 is 5.91 Å². The highest BCUT2D eigenvalue weighted by Crippen LogP contribution is 2.31. The maximum atomic E-state index is 11.6. The third-order valence-corrected chi connectivity index (χ3v) is 5.31. The number of hydrogen-bond donors (Lipinski definition) is 1. The van der Waals surface area contributed by atoms with Gasteiger partial charge >= 0.3 is 0 Å². The molecule has 2 heterocycles. The van der Waals surface area contributed by atoms with E-state index in [9.17, 15) is 4.79 Å². The van der Waals surface area contributed by atoms with Crippen molar-refractivity contribution in [3.63, 3.8) is 0 Å². The first kappa shape index (κ1) is 20.3. The summed E-state index contributed by atoms with van der Waals surface area (Å²) >= 11 is 0. The number of furan rings is 1. The third-order valence-electron chi connectivity index (χ3n) is 5.31. The smallest absolute Gasteiger partial charge is 0.284 e. The molecular weight excluding hydrogens is 354 g/mol. The van der Waals surface area contributed by atoms with Crippen LogP contribution >= 0.6 is 0 Å². The zero-order valence-corrected chi connectivity index (χ0v) is 17.5. The Morgan fingerprint density at radius 2 is 1.93 bits per heavy atom. The summed E-state index contributed by atoms with van der Waals surface area (Å²) in [5.74, 6) is 1.43. The molecule has 1 aliphatic rings. The van der Waals surface area contributed by atoms with Crippen LogP contribution < -0.4 is 15.4 Å². The zero-order chi connectivity index (χ0) is 20.5. The van der Waals surface area contributed by atoms with E-state index in [1.54, 1.807) is 7.11 Å². The van der Waals surface area contributed by atoms with E-state index in [1.165, 1.54) is 5.69 Å². The lowest BCUT2D eigenvalue weighted by atomic mass is 9.90. The lowest BCUT2D eigenvalue weighted by molar-refractivity contribution is 0.0970. The second-order valence-electron chi connectivity index (χ2n) is 8.54. The molecule has 0 aliphatic carbocycles. The summed E-state index contributed by atoms with van der Waals surface area (Å²) in [6.07, 6.45) is 0. The van der Waals surface area contributed by atoms with E-state index in [0.29, 0.717) is 6.04 Å². The van der Waals surface area contributed by atoms with E-state index in [4.69, 9.17) is 14.9 Å². The van der Waals surface area contributed by atoms with Gasteiger partial charge in [0.25, 0.3) is 5.91 Å². The number of rotatable bonds is 5. The van der Waals surface area contributed by atoms with E-state index in [-0.39, 0.29) is 11.2 Å². The van der Waals surface area contributed by atoms with Crippen LogP contribution in [0, 0.1) is 0 Å². The van der Waals surface area contributed by atoms with Crippen molar-refractivity contribution < 1.29 is 13.9 Å². The molecule has 0 spiro atoms. The molecule has 1 aliphatic heterocycles. The van der Waals surface area contributed by atoms with Crippen LogP contribution in [0.4, 0.5) is 5.69 Å². The zero-order valence-electron chi connectivity index (χ0n) is 17.5. The van der Waals surface area contributed by atoms with Gasteiger partial charge < -0.3 is 19.8 Å². The molecule has 0 bridgehead atoms. The van der Waals surface area contributed by atoms with Gasteiger partial charge in [0, 0.05) is 48.9 Å². The van der Waals surface area contributed by atoms with Crippen LogP contribution in [0.2, 0.25) is 0 Å². The van der Waals surface area contributed by atoms with Gasteiger partial charge in [-0.25, -0.2) is 0 Å². The van der Waals surface area contributed by atoms with Crippen LogP contribution in [0.15, 0.2) is 34.7 Å². The number of piperazine rings is 1. The van der Waals surface area contributed by atoms with E-state index in [1.807, 2.05) is 18.2 Å². The molecule has 1 aromatic carbocycles. The summed E-state index contributed by atoms with van der Waals surface area (Å²) in [5.41, 5.74) is 7.52. The Labute approximate surface area is 167 Å². The topological polar surface area (TPSA) is 71.9 Å². The fourth-order valence-corrected chi connectivity index (χ4v) is 3.78. The molecule has 6 nitrogen and oxygen atoms in total. The van der Waals surface area contributed by atoms with E-state index in [0.717, 1.165) is 43.3 Å². The minimum absolute atomic E-state index is 0.183. The predicted octanol–water partition coefficient (Wildman–Crippen LogP) is 3.40. The van der Waals surface area contributed by atoms with Crippen molar-refractivity contribution in [1.29, 1.82) is 0 Å². The Balaban J connectivity index is 1.72. The van der Waals surface area contributed by atoms with Crippen LogP contribution in [0.5, 0.6) is 5.75 Å². The van der Waals surface area contributed by atoms with Crippen molar-refractivity contribution >= 4 is 11.6 Å². The summed E-state index contributed by atoms with van der Waals surface area (Å²) in [6, 6.07) is 10.4. The van der Waals surface area contributed by atoms with Gasteiger partial charge in [-0.2, -0.15) is 0 Å². The maximum Gasteiger partial charge on any atom is 0.284 e. The fraction of sp³-hybridized carbons (Fsp3) is 0.500. The second kappa shape index (κ2) is 7.87. The Bertz CT molecular complexity index is 821. The average molecular weight is 386 g/mol. The van der Waals surface area contributed by atoms with Crippen molar-refractivity contribution in [2.24, 2.45) is 5.73 Å². The van der Waals surface area contributed by atoms with Gasteiger partial charge in [-0.3, -0.25) is 9.69 Å². The summed E-state index contributed by atoms with van der Waals surface area (Å²) in [5, 5.41) is 0. The minimum atomic E-state index is -0.519. The van der Waals surface area contributed by atoms with Gasteiger partial charge in [0.15, 0.2) is 5.76 Å². The number of primary amides is 1. The average Bonchev–Trinajstić information content (AvgIpc) is 3.08. The van der Waals surface area contributed by atoms with Gasteiger partial charge in [0.1, 0.15) is 11.5 Å². The van der Waals surface area contributed by atoms with Gasteiger partial charge in [0.05, 0.1) is 7.11 Å². The van der Waals surface area contributed by atoms with Crippen LogP contribution in [0.1, 0.15) is 49.6 Å². The van der Waals surface area contributed by atoms with Crippen molar-refractivity contribution in [2.45, 2.75) is 45.7 Å². The number of anilines is 1. The Hall–Kier alpha value is -2.47. The number of hydrogen-bond acceptors (Lipinski definition) is 5. The summed E-state index contributed by atoms with van der Waals surface area (Å²) in [6.45, 7) is 12.1. The van der Waals surface area contributed by atoms with Crippen LogP contribution in [0.3, 0.4) is 0 Å². The highest BCUT2D eigenvalue weighted by Gasteiger charge is 2.29. The number of ether oxygens (including phenoxy) is 1. The van der Waals surface area contributed by atoms with Gasteiger partial charge in [-0.05, 0) is 37.3 Å². The number of nitrogens with zero attached hydrogens (tertiary/aromatic N) is 2. The Morgan fingerprint density at radius 1 is 1.25 bits per heavy atom. The number of nitrogens with two attached hydrogens (primary N) is 1. The number of carbonyl (C=O) groups excluding carboxylic acids is 1. The molecule has 1 aromatic heterocycles. The Morgan fingerprint density at radius 3 is 2.46 bits per heavy atom. The maximum absolute atomic E-state index is 11.6. The molecule has 1 fully saturated rings. The van der Waals surface area contributed by atoms with Crippen LogP contribution in [0.25, 0.3) is 0 Å². The van der Waals surface area contributed by atoms with E-state index in [2.05, 4.69) is 49.6 Å². The quantitative estimate of drug-likeness (QED) is 0.854. The van der Waals surface area contributed by atoms with E-state index >= 15 is 0 Å². The second-order valence-corrected chi connectivity index (χ2v) is 8.54. The third kappa shape index (κ3) is 4.33. The molecular formula is C22H31N3O3. The first-order valence-corrected chi connectivity index (χ1v) is 9.75. The molecule has 2 N–H and O–H groups in total. The first-order valence-electron chi connectivity index (χ1n) is 9.75. The lowest BCUT2D eigenvalue weighted by Gasteiger charge is -2.41. The molecule has 0 unspecified atom stereocenters. The van der Waals surface area contributed by atoms with Crippen molar-refractivity contribution in [3.05, 3.63) is 47.4 Å². The van der Waals surface area contributed by atoms with Crippen molar-refractivity contribution in [3.8, 4) is 5.75 Å². The molecule has 1 atom stereocenters. The molecule has 6 heteroatoms. The van der Waals surface area contributed by atoms with Crippen molar-refractivity contribution in [2.75, 3.05) is 31.6 Å². The molecule has 0 radical (unpaired) electrons. The molecule has 2 aromatic rings. The molecule has 152 valence electrons. The van der Waals surface area contributed by atoms with Gasteiger partial charge in [-0.1, -0.05) is 20.8 Å². The molecule has 0 saturated carbocycles. The summed E-state index contributed by atoms with van der Waals surface area (Å²) in [4.78, 5) is 16.4. The summed E-state index contributed by atoms with van der Waals surface area (Å²) < 4.78 is 11.1. The Kier molecular flexibility index (Phi) is 5.70. The number of amides is 1. The molecule has 1 saturated heterocycles. The van der Waals surface area contributed by atoms with Gasteiger partial charge in [-0.15, -0.1) is 0 Å². The molecule has 3 rings (SSSR count). The molecule has 28 heavy (non-hydrogen) atoms. The standard InChI is InChI=1S/C22H31N3O3/c1-15-13-25(17-6-8-18(27-5)9-7-17)11-10-24(15)14-16-12-19(21(23)26)28-20(16)22(2,3)4/h6-9,12,15H,10-11,13-14H2,1-5H3,(H2,23,26)/t15-/m0/s1. The lowest BCUT2D eigenvalue weighted by Crippen LogP contribution is -2.51. The highest BCUT2D eigenvalue weighted by atomic mass is 16.5. The first-order chi connectivity index (χ1) is 13.2. The SMILES string of the molecule is COc1ccc(N2CCN(Cc3cc(C(N)=O)oc3C(C)(C)C)[C@@H](C)C2)cc1.